The lowest BCUT2D eigenvalue weighted by atomic mass is 9.52. The lowest BCUT2D eigenvalue weighted by Gasteiger charge is -2.53. The van der Waals surface area contributed by atoms with Gasteiger partial charge < -0.3 is 15.2 Å². The molecule has 0 aromatic carbocycles. The van der Waals surface area contributed by atoms with Gasteiger partial charge in [0, 0.05) is 12.0 Å². The second-order valence-corrected chi connectivity index (χ2v) is 13.1. The van der Waals surface area contributed by atoms with Gasteiger partial charge in [0.1, 0.15) is 0 Å². The van der Waals surface area contributed by atoms with Gasteiger partial charge >= 0.3 is 0 Å². The van der Waals surface area contributed by atoms with Crippen LogP contribution in [0.25, 0.3) is 0 Å². The number of fused-ring (bicyclic) bond motifs is 6. The van der Waals surface area contributed by atoms with Gasteiger partial charge in [-0.1, -0.05) is 31.9 Å². The molecule has 11 atom stereocenters. The van der Waals surface area contributed by atoms with Crippen LogP contribution < -0.4 is 5.32 Å². The third kappa shape index (κ3) is 3.08. The number of piperidine rings is 1. The molecule has 6 aliphatic rings. The van der Waals surface area contributed by atoms with Crippen LogP contribution in [-0.4, -0.2) is 35.5 Å². The molecule has 0 amide bonds. The number of ether oxygens (including phenoxy) is 1. The average molecular weight is 428 g/mol. The molecule has 1 spiro atoms. The van der Waals surface area contributed by atoms with E-state index < -0.39 is 0 Å². The molecule has 0 bridgehead atoms. The largest absolute Gasteiger partial charge is 0.393 e. The Morgan fingerprint density at radius 2 is 1.90 bits per heavy atom. The Morgan fingerprint density at radius 1 is 1.06 bits per heavy atom. The fraction of sp³-hybridized carbons (Fsp3) is 0.929. The fourth-order valence-corrected chi connectivity index (χ4v) is 9.80. The predicted octanol–water partition coefficient (Wildman–Crippen LogP) is 5.47. The highest BCUT2D eigenvalue weighted by Gasteiger charge is 2.59. The lowest BCUT2D eigenvalue weighted by molar-refractivity contribution is -0.0795. The molecule has 0 unspecified atom stereocenters. The first kappa shape index (κ1) is 21.2. The minimum Gasteiger partial charge on any atom is -0.393 e. The highest BCUT2D eigenvalue weighted by Crippen LogP contribution is 2.65. The van der Waals surface area contributed by atoms with E-state index in [4.69, 9.17) is 4.74 Å². The number of aliphatic hydroxyl groups is 1. The standard InChI is InChI=1S/C28H45NO2/c1-16-11-25-26(29-15-16)18(3)28(31-25)10-8-21-22-6-5-19-12-20(30)7-9-27(19,4)24(22)13-23(21)17(2)14-28/h16,18-22,24-26,29-30H,5-15H2,1-4H3/t16-,18+,19+,20-,21-,22-,24-,25+,26-,27-,28-/m0/s1. The van der Waals surface area contributed by atoms with Gasteiger partial charge in [-0.3, -0.25) is 0 Å². The van der Waals surface area contributed by atoms with E-state index in [0.29, 0.717) is 23.5 Å². The van der Waals surface area contributed by atoms with Crippen molar-refractivity contribution in [2.45, 2.75) is 116 Å². The second-order valence-electron chi connectivity index (χ2n) is 13.1. The third-order valence-electron chi connectivity index (χ3n) is 11.6. The van der Waals surface area contributed by atoms with Crippen LogP contribution in [-0.2, 0) is 4.74 Å². The van der Waals surface area contributed by atoms with E-state index in [1.165, 1.54) is 51.4 Å². The van der Waals surface area contributed by atoms with Crippen LogP contribution in [0.3, 0.4) is 0 Å². The Balaban J connectivity index is 1.27. The van der Waals surface area contributed by atoms with Gasteiger partial charge in [0.2, 0.25) is 0 Å². The highest BCUT2D eigenvalue weighted by molar-refractivity contribution is 5.29. The van der Waals surface area contributed by atoms with Crippen molar-refractivity contribution in [3.63, 3.8) is 0 Å². The minimum atomic E-state index is -0.0387. The summed E-state index contributed by atoms with van der Waals surface area (Å²) in [5, 5.41) is 14.2. The molecular weight excluding hydrogens is 382 g/mol. The summed E-state index contributed by atoms with van der Waals surface area (Å²) in [4.78, 5) is 0. The number of allylic oxidation sites excluding steroid dienone is 1. The maximum Gasteiger partial charge on any atom is 0.0765 e. The molecule has 3 heteroatoms. The highest BCUT2D eigenvalue weighted by atomic mass is 16.5. The topological polar surface area (TPSA) is 41.5 Å². The van der Waals surface area contributed by atoms with Gasteiger partial charge in [0.25, 0.3) is 0 Å². The summed E-state index contributed by atoms with van der Waals surface area (Å²) >= 11 is 0. The van der Waals surface area contributed by atoms with Gasteiger partial charge in [0.05, 0.1) is 17.8 Å². The number of hydrogen-bond donors (Lipinski definition) is 2. The molecule has 0 radical (unpaired) electrons. The Kier molecular flexibility index (Phi) is 4.99. The maximum atomic E-state index is 10.3. The molecule has 4 aliphatic carbocycles. The molecule has 5 fully saturated rings. The molecule has 31 heavy (non-hydrogen) atoms. The molecule has 0 aromatic heterocycles. The van der Waals surface area contributed by atoms with Crippen LogP contribution in [0.5, 0.6) is 0 Å². The van der Waals surface area contributed by atoms with Crippen molar-refractivity contribution >= 4 is 0 Å². The normalized spacial score (nSPS) is 56.6. The van der Waals surface area contributed by atoms with Gasteiger partial charge in [0.15, 0.2) is 0 Å². The first-order valence-corrected chi connectivity index (χ1v) is 13.6. The quantitative estimate of drug-likeness (QED) is 0.504. The maximum absolute atomic E-state index is 10.3. The molecule has 2 heterocycles. The summed E-state index contributed by atoms with van der Waals surface area (Å²) in [6.45, 7) is 11.1. The predicted molar refractivity (Wildman–Crippen MR) is 125 cm³/mol. The SMILES string of the molecule is CC1=C2C[C@H]3[C@@H](CC[C@@H]4C[C@@H](O)CC[C@@]43C)[C@@H]2CC[C@@]2(C1)O[C@@H]1C[C@H](C)CN[C@H]1[C@H]2C. The molecule has 3 saturated carbocycles. The summed E-state index contributed by atoms with van der Waals surface area (Å²) in [6, 6.07) is 0.558. The van der Waals surface area contributed by atoms with Crippen molar-refractivity contribution < 1.29 is 9.84 Å². The molecule has 0 aromatic rings. The minimum absolute atomic E-state index is 0.0387. The van der Waals surface area contributed by atoms with Crippen LogP contribution >= 0.6 is 0 Å². The molecular formula is C28H45NO2. The molecule has 2 N–H and O–H groups in total. The average Bonchev–Trinajstić information content (AvgIpc) is 3.19. The Labute approximate surface area is 189 Å². The van der Waals surface area contributed by atoms with Gasteiger partial charge in [-0.05, 0) is 113 Å². The zero-order valence-electron chi connectivity index (χ0n) is 20.3. The summed E-state index contributed by atoms with van der Waals surface area (Å²) in [7, 11) is 0. The van der Waals surface area contributed by atoms with E-state index in [0.717, 1.165) is 49.0 Å². The zero-order chi connectivity index (χ0) is 21.5. The van der Waals surface area contributed by atoms with Crippen LogP contribution in [0.4, 0.5) is 0 Å². The van der Waals surface area contributed by atoms with E-state index >= 15 is 0 Å². The van der Waals surface area contributed by atoms with Crippen LogP contribution in [0.1, 0.15) is 91.9 Å². The number of nitrogens with one attached hydrogen (secondary N) is 1. The van der Waals surface area contributed by atoms with E-state index in [1.54, 1.807) is 5.57 Å². The summed E-state index contributed by atoms with van der Waals surface area (Å²) in [5.74, 6) is 4.64. The number of rotatable bonds is 0. The van der Waals surface area contributed by atoms with Crippen molar-refractivity contribution in [2.75, 3.05) is 6.54 Å². The van der Waals surface area contributed by atoms with Crippen molar-refractivity contribution in [2.24, 2.45) is 40.9 Å². The fourth-order valence-electron chi connectivity index (χ4n) is 9.80. The zero-order valence-corrected chi connectivity index (χ0v) is 20.3. The summed E-state index contributed by atoms with van der Waals surface area (Å²) < 4.78 is 7.02. The number of hydrogen-bond acceptors (Lipinski definition) is 3. The summed E-state index contributed by atoms with van der Waals surface area (Å²) in [6.07, 6.45) is 12.8. The third-order valence-corrected chi connectivity index (χ3v) is 11.6. The van der Waals surface area contributed by atoms with Gasteiger partial charge in [-0.2, -0.15) is 0 Å². The van der Waals surface area contributed by atoms with Crippen LogP contribution in [0.15, 0.2) is 11.1 Å². The monoisotopic (exact) mass is 427 g/mol. The van der Waals surface area contributed by atoms with Crippen molar-refractivity contribution in [3.05, 3.63) is 11.1 Å². The van der Waals surface area contributed by atoms with Crippen LogP contribution in [0, 0.1) is 40.9 Å². The van der Waals surface area contributed by atoms with Crippen molar-refractivity contribution in [1.82, 2.24) is 5.32 Å². The molecule has 2 saturated heterocycles. The van der Waals surface area contributed by atoms with Crippen molar-refractivity contribution in [1.29, 1.82) is 0 Å². The molecule has 174 valence electrons. The van der Waals surface area contributed by atoms with E-state index in [2.05, 4.69) is 33.0 Å². The van der Waals surface area contributed by atoms with E-state index in [9.17, 15) is 5.11 Å². The first-order chi connectivity index (χ1) is 14.8. The summed E-state index contributed by atoms with van der Waals surface area (Å²) in [5.41, 5.74) is 4.06. The Bertz CT molecular complexity index is 762. The lowest BCUT2D eigenvalue weighted by Crippen LogP contribution is -2.48. The van der Waals surface area contributed by atoms with E-state index in [-0.39, 0.29) is 11.7 Å². The smallest absolute Gasteiger partial charge is 0.0765 e. The van der Waals surface area contributed by atoms with Gasteiger partial charge in [-0.25, -0.2) is 0 Å². The number of aliphatic hydroxyl groups excluding tert-OH is 1. The molecule has 2 aliphatic heterocycles. The van der Waals surface area contributed by atoms with Crippen LogP contribution in [0.2, 0.25) is 0 Å². The Hall–Kier alpha value is -0.380. The second kappa shape index (κ2) is 7.31. The molecule has 3 nitrogen and oxygen atoms in total. The van der Waals surface area contributed by atoms with Gasteiger partial charge in [-0.15, -0.1) is 0 Å². The first-order valence-electron chi connectivity index (χ1n) is 13.6. The van der Waals surface area contributed by atoms with Crippen molar-refractivity contribution in [3.8, 4) is 0 Å². The molecule has 6 rings (SSSR count). The van der Waals surface area contributed by atoms with E-state index in [1.807, 2.05) is 5.57 Å². The Morgan fingerprint density at radius 3 is 2.74 bits per heavy atom.